The number of ether oxygens (including phenoxy) is 1. The number of benzene rings is 1. The predicted molar refractivity (Wildman–Crippen MR) is 71.5 cm³/mol. The van der Waals surface area contributed by atoms with Crippen LogP contribution < -0.4 is 0 Å². The van der Waals surface area contributed by atoms with Gasteiger partial charge in [-0.25, -0.2) is 4.79 Å². The van der Waals surface area contributed by atoms with Crippen LogP contribution in [-0.4, -0.2) is 13.1 Å². The van der Waals surface area contributed by atoms with Gasteiger partial charge >= 0.3 is 5.97 Å². The fourth-order valence-electron chi connectivity index (χ4n) is 1.58. The minimum absolute atomic E-state index is 0.348. The Hall–Kier alpha value is -1.68. The van der Waals surface area contributed by atoms with Crippen LogP contribution in [0.1, 0.15) is 21.7 Å². The minimum Gasteiger partial charge on any atom is -0.468 e. The van der Waals surface area contributed by atoms with E-state index < -0.39 is 0 Å². The molecule has 0 aliphatic heterocycles. The van der Waals surface area contributed by atoms with Crippen molar-refractivity contribution in [2.75, 3.05) is 7.11 Å². The van der Waals surface area contributed by atoms with E-state index in [9.17, 15) is 4.79 Å². The molecule has 2 aromatic rings. The van der Waals surface area contributed by atoms with Gasteiger partial charge in [0.2, 0.25) is 0 Å². The first-order valence-corrected chi connectivity index (χ1v) is 6.73. The van der Waals surface area contributed by atoms with E-state index in [2.05, 4.69) is 12.1 Å². The van der Waals surface area contributed by atoms with Gasteiger partial charge in [0.25, 0.3) is 0 Å². The van der Waals surface area contributed by atoms with Crippen molar-refractivity contribution >= 4 is 17.7 Å². The molecule has 0 bridgehead atoms. The maximum atomic E-state index is 11.4. The van der Waals surface area contributed by atoms with Gasteiger partial charge in [0, 0.05) is 5.75 Å². The van der Waals surface area contributed by atoms with Gasteiger partial charge in [0.15, 0.2) is 0 Å². The Morgan fingerprint density at radius 2 is 2.00 bits per heavy atom. The van der Waals surface area contributed by atoms with Gasteiger partial charge < -0.3 is 9.15 Å². The van der Waals surface area contributed by atoms with Crippen LogP contribution in [0, 0.1) is 0 Å². The Kier molecular flexibility index (Phi) is 4.47. The highest BCUT2D eigenvalue weighted by atomic mass is 32.2. The van der Waals surface area contributed by atoms with Crippen molar-refractivity contribution in [3.8, 4) is 0 Å². The van der Waals surface area contributed by atoms with Crippen LogP contribution in [0.2, 0.25) is 0 Å². The fourth-order valence-corrected chi connectivity index (χ4v) is 2.52. The molecule has 0 aliphatic rings. The Labute approximate surface area is 110 Å². The van der Waals surface area contributed by atoms with Gasteiger partial charge in [0.05, 0.1) is 19.1 Å². The van der Waals surface area contributed by atoms with Crippen molar-refractivity contribution in [1.82, 2.24) is 0 Å². The van der Waals surface area contributed by atoms with Crippen molar-refractivity contribution in [3.05, 3.63) is 59.5 Å². The van der Waals surface area contributed by atoms with Crippen LogP contribution in [0.25, 0.3) is 0 Å². The third-order valence-electron chi connectivity index (χ3n) is 2.50. The zero-order valence-electron chi connectivity index (χ0n) is 10.1. The van der Waals surface area contributed by atoms with Crippen molar-refractivity contribution in [3.63, 3.8) is 0 Å². The Morgan fingerprint density at radius 3 is 2.72 bits per heavy atom. The van der Waals surface area contributed by atoms with E-state index in [4.69, 9.17) is 9.15 Å². The average Bonchev–Trinajstić information content (AvgIpc) is 2.87. The fraction of sp³-hybridized carbons (Fsp3) is 0.214. The van der Waals surface area contributed by atoms with Gasteiger partial charge in [-0.15, -0.1) is 11.8 Å². The zero-order valence-corrected chi connectivity index (χ0v) is 10.9. The summed E-state index contributed by atoms with van der Waals surface area (Å²) in [4.78, 5) is 11.4. The standard InChI is InChI=1S/C14H14O3S/c1-16-14(15)12-7-8-17-13(12)10-18-9-11-5-3-2-4-6-11/h2-8H,9-10H2,1H3. The lowest BCUT2D eigenvalue weighted by Gasteiger charge is -2.02. The van der Waals surface area contributed by atoms with Crippen LogP contribution in [-0.2, 0) is 16.2 Å². The lowest BCUT2D eigenvalue weighted by molar-refractivity contribution is 0.0598. The molecule has 0 aliphatic carbocycles. The summed E-state index contributed by atoms with van der Waals surface area (Å²) < 4.78 is 10.00. The molecular formula is C14H14O3S. The van der Waals surface area contributed by atoms with Crippen LogP contribution in [0.15, 0.2) is 47.1 Å². The summed E-state index contributed by atoms with van der Waals surface area (Å²) in [6.07, 6.45) is 1.52. The molecular weight excluding hydrogens is 248 g/mol. The molecule has 1 aromatic heterocycles. The van der Waals surface area contributed by atoms with Gasteiger partial charge in [-0.1, -0.05) is 30.3 Å². The van der Waals surface area contributed by atoms with Gasteiger partial charge in [-0.05, 0) is 11.6 Å². The molecule has 3 nitrogen and oxygen atoms in total. The number of rotatable bonds is 5. The molecule has 0 saturated heterocycles. The number of esters is 1. The second-order valence-electron chi connectivity index (χ2n) is 3.73. The van der Waals surface area contributed by atoms with E-state index in [-0.39, 0.29) is 5.97 Å². The maximum Gasteiger partial charge on any atom is 0.341 e. The largest absolute Gasteiger partial charge is 0.468 e. The monoisotopic (exact) mass is 262 g/mol. The van der Waals surface area contributed by atoms with Crippen molar-refractivity contribution in [1.29, 1.82) is 0 Å². The normalized spacial score (nSPS) is 10.3. The summed E-state index contributed by atoms with van der Waals surface area (Å²) in [5.41, 5.74) is 1.77. The summed E-state index contributed by atoms with van der Waals surface area (Å²) in [6.45, 7) is 0. The Balaban J connectivity index is 1.91. The van der Waals surface area contributed by atoms with Crippen LogP contribution in [0.3, 0.4) is 0 Å². The molecule has 2 rings (SSSR count). The van der Waals surface area contributed by atoms with Gasteiger partial charge in [0.1, 0.15) is 11.3 Å². The van der Waals surface area contributed by atoms with Gasteiger partial charge in [-0.3, -0.25) is 0 Å². The van der Waals surface area contributed by atoms with Crippen LogP contribution in [0.5, 0.6) is 0 Å². The van der Waals surface area contributed by atoms with E-state index in [0.717, 1.165) is 5.75 Å². The molecule has 0 spiro atoms. The van der Waals surface area contributed by atoms with Crippen molar-refractivity contribution in [2.45, 2.75) is 11.5 Å². The number of carbonyl (C=O) groups is 1. The van der Waals surface area contributed by atoms with E-state index in [1.807, 2.05) is 18.2 Å². The topological polar surface area (TPSA) is 39.4 Å². The van der Waals surface area contributed by atoms with E-state index >= 15 is 0 Å². The molecule has 4 heteroatoms. The minimum atomic E-state index is -0.348. The Bertz CT molecular complexity index is 505. The number of hydrogen-bond donors (Lipinski definition) is 0. The zero-order chi connectivity index (χ0) is 12.8. The Morgan fingerprint density at radius 1 is 1.22 bits per heavy atom. The molecule has 18 heavy (non-hydrogen) atoms. The number of furan rings is 1. The molecule has 0 saturated carbocycles. The van der Waals surface area contributed by atoms with Gasteiger partial charge in [-0.2, -0.15) is 0 Å². The number of carbonyl (C=O) groups excluding carboxylic acids is 1. The van der Waals surface area contributed by atoms with E-state index in [1.165, 1.54) is 18.9 Å². The second-order valence-corrected chi connectivity index (χ2v) is 4.71. The van der Waals surface area contributed by atoms with Crippen LogP contribution >= 0.6 is 11.8 Å². The molecule has 0 amide bonds. The highest BCUT2D eigenvalue weighted by molar-refractivity contribution is 7.97. The first-order chi connectivity index (χ1) is 8.81. The summed E-state index contributed by atoms with van der Waals surface area (Å²) in [5, 5.41) is 0. The second kappa shape index (κ2) is 6.31. The molecule has 0 N–H and O–H groups in total. The smallest absolute Gasteiger partial charge is 0.341 e. The molecule has 0 radical (unpaired) electrons. The number of thioether (sulfide) groups is 1. The average molecular weight is 262 g/mol. The highest BCUT2D eigenvalue weighted by Crippen LogP contribution is 2.21. The SMILES string of the molecule is COC(=O)c1ccoc1CSCc1ccccc1. The maximum absolute atomic E-state index is 11.4. The summed E-state index contributed by atoms with van der Waals surface area (Å²) in [7, 11) is 1.37. The first-order valence-electron chi connectivity index (χ1n) is 5.57. The number of hydrogen-bond acceptors (Lipinski definition) is 4. The summed E-state index contributed by atoms with van der Waals surface area (Å²) >= 11 is 1.70. The molecule has 1 aromatic carbocycles. The van der Waals surface area contributed by atoms with Crippen molar-refractivity contribution < 1.29 is 13.9 Å². The van der Waals surface area contributed by atoms with Crippen molar-refractivity contribution in [2.24, 2.45) is 0 Å². The lowest BCUT2D eigenvalue weighted by Crippen LogP contribution is -2.02. The van der Waals surface area contributed by atoms with E-state index in [0.29, 0.717) is 17.1 Å². The molecule has 0 atom stereocenters. The third kappa shape index (κ3) is 3.17. The summed E-state index contributed by atoms with van der Waals surface area (Å²) in [5.74, 6) is 1.87. The lowest BCUT2D eigenvalue weighted by atomic mass is 10.2. The highest BCUT2D eigenvalue weighted by Gasteiger charge is 2.14. The third-order valence-corrected chi connectivity index (χ3v) is 3.50. The molecule has 0 unspecified atom stereocenters. The van der Waals surface area contributed by atoms with Crippen LogP contribution in [0.4, 0.5) is 0 Å². The predicted octanol–water partition coefficient (Wildman–Crippen LogP) is 3.50. The summed E-state index contributed by atoms with van der Waals surface area (Å²) in [6, 6.07) is 11.8. The quantitative estimate of drug-likeness (QED) is 0.773. The first kappa shape index (κ1) is 12.8. The molecule has 94 valence electrons. The molecule has 1 heterocycles. The number of methoxy groups -OCH3 is 1. The van der Waals surface area contributed by atoms with E-state index in [1.54, 1.807) is 17.8 Å². The molecule has 0 fully saturated rings.